The van der Waals surface area contributed by atoms with Crippen LogP contribution in [0, 0.1) is 5.82 Å². The van der Waals surface area contributed by atoms with Crippen molar-refractivity contribution in [3.63, 3.8) is 0 Å². The van der Waals surface area contributed by atoms with Gasteiger partial charge < -0.3 is 10.5 Å². The molecule has 4 heteroatoms. The van der Waals surface area contributed by atoms with E-state index >= 15 is 0 Å². The summed E-state index contributed by atoms with van der Waals surface area (Å²) in [5, 5.41) is 3.96. The zero-order chi connectivity index (χ0) is 11.5. The van der Waals surface area contributed by atoms with Crippen LogP contribution in [0.15, 0.2) is 29.0 Å². The number of methoxy groups -OCH3 is 1. The molecule has 0 amide bonds. The van der Waals surface area contributed by atoms with Crippen LogP contribution in [0.1, 0.15) is 5.56 Å². The summed E-state index contributed by atoms with van der Waals surface area (Å²) in [6.45, 7) is 0.465. The predicted molar refractivity (Wildman–Crippen MR) is 64.2 cm³/mol. The van der Waals surface area contributed by atoms with E-state index in [9.17, 15) is 4.39 Å². The van der Waals surface area contributed by atoms with Gasteiger partial charge in [0.15, 0.2) is 11.6 Å². The molecule has 2 nitrogen and oxygen atoms in total. The Morgan fingerprint density at radius 3 is 2.81 bits per heavy atom. The van der Waals surface area contributed by atoms with Crippen molar-refractivity contribution in [2.24, 2.45) is 5.73 Å². The molecule has 1 heterocycles. The fraction of sp³-hybridized carbons (Fsp3) is 0.167. The first-order chi connectivity index (χ1) is 7.76. The first kappa shape index (κ1) is 11.1. The van der Waals surface area contributed by atoms with Crippen molar-refractivity contribution in [2.45, 2.75) is 6.54 Å². The maximum absolute atomic E-state index is 13.5. The zero-order valence-electron chi connectivity index (χ0n) is 8.87. The molecular weight excluding hydrogens is 225 g/mol. The zero-order valence-corrected chi connectivity index (χ0v) is 9.68. The number of hydrogen-bond acceptors (Lipinski definition) is 3. The standard InChI is InChI=1S/C12H12FNOS/c1-15-12-3-2-8(4-11(12)13)10-7-16-6-9(10)5-14/h2-4,6-7H,5,14H2,1H3. The molecular formula is C12H12FNOS. The van der Waals surface area contributed by atoms with Crippen molar-refractivity contribution < 1.29 is 9.13 Å². The van der Waals surface area contributed by atoms with Crippen molar-refractivity contribution in [3.8, 4) is 16.9 Å². The van der Waals surface area contributed by atoms with Crippen LogP contribution in [0.3, 0.4) is 0 Å². The Morgan fingerprint density at radius 2 is 2.19 bits per heavy atom. The Balaban J connectivity index is 2.45. The average Bonchev–Trinajstić information content (AvgIpc) is 2.77. The van der Waals surface area contributed by atoms with Crippen LogP contribution in [0.2, 0.25) is 0 Å². The number of halogens is 1. The Hall–Kier alpha value is -1.39. The van der Waals surface area contributed by atoms with E-state index in [1.165, 1.54) is 13.2 Å². The summed E-state index contributed by atoms with van der Waals surface area (Å²) in [5.41, 5.74) is 8.48. The minimum atomic E-state index is -0.353. The van der Waals surface area contributed by atoms with E-state index in [4.69, 9.17) is 10.5 Å². The summed E-state index contributed by atoms with van der Waals surface area (Å²) in [6.07, 6.45) is 0. The van der Waals surface area contributed by atoms with E-state index in [0.29, 0.717) is 6.54 Å². The van der Waals surface area contributed by atoms with Crippen LogP contribution in [0.25, 0.3) is 11.1 Å². The quantitative estimate of drug-likeness (QED) is 0.890. The Kier molecular flexibility index (Phi) is 3.22. The summed E-state index contributed by atoms with van der Waals surface area (Å²) in [6, 6.07) is 4.94. The topological polar surface area (TPSA) is 35.2 Å². The summed E-state index contributed by atoms with van der Waals surface area (Å²) < 4.78 is 18.4. The van der Waals surface area contributed by atoms with Gasteiger partial charge in [0.1, 0.15) is 0 Å². The number of thiophene rings is 1. The molecule has 0 saturated heterocycles. The molecule has 0 radical (unpaired) electrons. The highest BCUT2D eigenvalue weighted by atomic mass is 32.1. The lowest BCUT2D eigenvalue weighted by Crippen LogP contribution is -1.96. The van der Waals surface area contributed by atoms with Gasteiger partial charge in [-0.15, -0.1) is 0 Å². The second kappa shape index (κ2) is 4.63. The van der Waals surface area contributed by atoms with Gasteiger partial charge in [0.05, 0.1) is 7.11 Å². The first-order valence-corrected chi connectivity index (χ1v) is 5.79. The highest BCUT2D eigenvalue weighted by Crippen LogP contribution is 2.30. The van der Waals surface area contributed by atoms with Gasteiger partial charge >= 0.3 is 0 Å². The number of benzene rings is 1. The second-order valence-electron chi connectivity index (χ2n) is 3.36. The summed E-state index contributed by atoms with van der Waals surface area (Å²) in [7, 11) is 1.45. The van der Waals surface area contributed by atoms with Crippen LogP contribution in [0.5, 0.6) is 5.75 Å². The molecule has 0 fully saturated rings. The maximum Gasteiger partial charge on any atom is 0.165 e. The van der Waals surface area contributed by atoms with Crippen LogP contribution >= 0.6 is 11.3 Å². The Morgan fingerprint density at radius 1 is 1.38 bits per heavy atom. The molecule has 0 atom stereocenters. The predicted octanol–water partition coefficient (Wildman–Crippen LogP) is 3.02. The van der Waals surface area contributed by atoms with Crippen LogP contribution in [-0.4, -0.2) is 7.11 Å². The number of hydrogen-bond donors (Lipinski definition) is 1. The molecule has 1 aromatic carbocycles. The van der Waals surface area contributed by atoms with Crippen LogP contribution in [0.4, 0.5) is 4.39 Å². The summed E-state index contributed by atoms with van der Waals surface area (Å²) in [5.74, 6) is -0.0950. The molecule has 0 unspecified atom stereocenters. The van der Waals surface area contributed by atoms with Crippen molar-refractivity contribution in [3.05, 3.63) is 40.3 Å². The van der Waals surface area contributed by atoms with E-state index < -0.39 is 0 Å². The fourth-order valence-electron chi connectivity index (χ4n) is 1.57. The minimum absolute atomic E-state index is 0.258. The lowest BCUT2D eigenvalue weighted by atomic mass is 10.0. The molecule has 2 rings (SSSR count). The molecule has 2 N–H and O–H groups in total. The molecule has 1 aromatic heterocycles. The van der Waals surface area contributed by atoms with Crippen LogP contribution in [-0.2, 0) is 6.54 Å². The Bertz CT molecular complexity index is 496. The van der Waals surface area contributed by atoms with Crippen LogP contribution < -0.4 is 10.5 Å². The Labute approximate surface area is 97.5 Å². The highest BCUT2D eigenvalue weighted by Gasteiger charge is 2.08. The third-order valence-electron chi connectivity index (χ3n) is 2.42. The van der Waals surface area contributed by atoms with Crippen molar-refractivity contribution >= 4 is 11.3 Å². The number of nitrogens with two attached hydrogens (primary N) is 1. The lowest BCUT2D eigenvalue weighted by Gasteiger charge is -2.05. The molecule has 0 aliphatic rings. The third kappa shape index (κ3) is 1.94. The molecule has 16 heavy (non-hydrogen) atoms. The first-order valence-electron chi connectivity index (χ1n) is 4.85. The van der Waals surface area contributed by atoms with Crippen molar-refractivity contribution in [1.82, 2.24) is 0 Å². The van der Waals surface area contributed by atoms with E-state index in [1.807, 2.05) is 16.8 Å². The van der Waals surface area contributed by atoms with Gasteiger partial charge in [-0.2, -0.15) is 11.3 Å². The highest BCUT2D eigenvalue weighted by molar-refractivity contribution is 7.08. The molecule has 84 valence electrons. The monoisotopic (exact) mass is 237 g/mol. The maximum atomic E-state index is 13.5. The summed E-state index contributed by atoms with van der Waals surface area (Å²) >= 11 is 1.57. The fourth-order valence-corrected chi connectivity index (χ4v) is 2.45. The van der Waals surface area contributed by atoms with Crippen molar-refractivity contribution in [2.75, 3.05) is 7.11 Å². The van der Waals surface area contributed by atoms with E-state index in [0.717, 1.165) is 16.7 Å². The normalized spacial score (nSPS) is 10.4. The van der Waals surface area contributed by atoms with E-state index in [-0.39, 0.29) is 11.6 Å². The lowest BCUT2D eigenvalue weighted by molar-refractivity contribution is 0.386. The van der Waals surface area contributed by atoms with E-state index in [1.54, 1.807) is 17.4 Å². The smallest absolute Gasteiger partial charge is 0.165 e. The van der Waals surface area contributed by atoms with Gasteiger partial charge in [0.25, 0.3) is 0 Å². The third-order valence-corrected chi connectivity index (χ3v) is 3.22. The molecule has 0 aliphatic heterocycles. The van der Waals surface area contributed by atoms with Gasteiger partial charge in [0, 0.05) is 6.54 Å². The minimum Gasteiger partial charge on any atom is -0.494 e. The number of ether oxygens (including phenoxy) is 1. The largest absolute Gasteiger partial charge is 0.494 e. The van der Waals surface area contributed by atoms with E-state index in [2.05, 4.69) is 0 Å². The van der Waals surface area contributed by atoms with Gasteiger partial charge in [-0.3, -0.25) is 0 Å². The molecule has 0 spiro atoms. The van der Waals surface area contributed by atoms with Gasteiger partial charge in [-0.1, -0.05) is 6.07 Å². The van der Waals surface area contributed by atoms with Gasteiger partial charge in [-0.25, -0.2) is 4.39 Å². The molecule has 0 bridgehead atoms. The second-order valence-corrected chi connectivity index (χ2v) is 4.11. The summed E-state index contributed by atoms with van der Waals surface area (Å²) in [4.78, 5) is 0. The molecule has 0 saturated carbocycles. The number of rotatable bonds is 3. The van der Waals surface area contributed by atoms with Gasteiger partial charge in [-0.05, 0) is 39.6 Å². The molecule has 2 aromatic rings. The SMILES string of the molecule is COc1ccc(-c2cscc2CN)cc1F. The molecule has 0 aliphatic carbocycles. The van der Waals surface area contributed by atoms with Gasteiger partial charge in [0.2, 0.25) is 0 Å². The van der Waals surface area contributed by atoms with Crippen molar-refractivity contribution in [1.29, 1.82) is 0 Å². The average molecular weight is 237 g/mol.